The van der Waals surface area contributed by atoms with Gasteiger partial charge in [0.1, 0.15) is 6.10 Å². The van der Waals surface area contributed by atoms with E-state index in [1.54, 1.807) is 13.1 Å². The number of amides is 1. The first kappa shape index (κ1) is 26.6. The van der Waals surface area contributed by atoms with Gasteiger partial charge in [-0.1, -0.05) is 83.1 Å². The van der Waals surface area contributed by atoms with Gasteiger partial charge in [-0.05, 0) is 19.8 Å². The fraction of sp³-hybridized carbons (Fsp3) is 0.826. The topological polar surface area (TPSA) is 75.6 Å². The molecular weight excluding hydrogens is 354 g/mol. The first-order chi connectivity index (χ1) is 13.5. The first-order valence-electron chi connectivity index (χ1n) is 11.2. The van der Waals surface area contributed by atoms with E-state index in [0.29, 0.717) is 6.42 Å². The maximum absolute atomic E-state index is 11.9. The van der Waals surface area contributed by atoms with Gasteiger partial charge < -0.3 is 15.2 Å². The quantitative estimate of drug-likeness (QED) is 0.206. The lowest BCUT2D eigenvalue weighted by Crippen LogP contribution is -2.35. The third-order valence-corrected chi connectivity index (χ3v) is 5.11. The van der Waals surface area contributed by atoms with Crippen molar-refractivity contribution in [1.82, 2.24) is 5.32 Å². The van der Waals surface area contributed by atoms with Crippen LogP contribution in [-0.2, 0) is 14.3 Å². The SMILES string of the molecule is C=CC(C)OC(CCCCCCCCCCCCCCCC(=O)O)C(=O)NC. The van der Waals surface area contributed by atoms with E-state index in [2.05, 4.69) is 11.9 Å². The van der Waals surface area contributed by atoms with Gasteiger partial charge in [-0.15, -0.1) is 6.58 Å². The molecule has 0 bridgehead atoms. The molecule has 164 valence electrons. The van der Waals surface area contributed by atoms with Gasteiger partial charge in [0.05, 0.1) is 6.10 Å². The number of carboxylic acid groups (broad SMARTS) is 1. The summed E-state index contributed by atoms with van der Waals surface area (Å²) in [5.41, 5.74) is 0. The molecule has 5 nitrogen and oxygen atoms in total. The number of hydrogen-bond donors (Lipinski definition) is 2. The Labute approximate surface area is 172 Å². The van der Waals surface area contributed by atoms with Crippen LogP contribution in [0, 0.1) is 0 Å². The Bertz CT molecular complexity index is 411. The van der Waals surface area contributed by atoms with Crippen LogP contribution < -0.4 is 5.32 Å². The molecule has 0 saturated heterocycles. The largest absolute Gasteiger partial charge is 0.481 e. The second-order valence-corrected chi connectivity index (χ2v) is 7.71. The lowest BCUT2D eigenvalue weighted by Gasteiger charge is -2.19. The van der Waals surface area contributed by atoms with E-state index in [1.165, 1.54) is 57.8 Å². The number of aliphatic carboxylic acids is 1. The van der Waals surface area contributed by atoms with Crippen LogP contribution in [0.2, 0.25) is 0 Å². The number of ether oxygens (including phenoxy) is 1. The fourth-order valence-electron chi connectivity index (χ4n) is 3.29. The average Bonchev–Trinajstić information content (AvgIpc) is 2.68. The zero-order valence-electron chi connectivity index (χ0n) is 18.2. The van der Waals surface area contributed by atoms with E-state index in [0.717, 1.165) is 32.1 Å². The van der Waals surface area contributed by atoms with Crippen molar-refractivity contribution in [2.24, 2.45) is 0 Å². The summed E-state index contributed by atoms with van der Waals surface area (Å²) in [5, 5.41) is 11.3. The molecule has 0 fully saturated rings. The highest BCUT2D eigenvalue weighted by molar-refractivity contribution is 5.80. The van der Waals surface area contributed by atoms with Gasteiger partial charge >= 0.3 is 5.97 Å². The average molecular weight is 398 g/mol. The monoisotopic (exact) mass is 397 g/mol. The molecule has 0 aromatic heterocycles. The molecule has 0 spiro atoms. The molecule has 0 rings (SSSR count). The van der Waals surface area contributed by atoms with Crippen LogP contribution in [0.25, 0.3) is 0 Å². The van der Waals surface area contributed by atoms with Crippen LogP contribution in [0.4, 0.5) is 0 Å². The molecular formula is C23H43NO4. The van der Waals surface area contributed by atoms with Gasteiger partial charge in [-0.2, -0.15) is 0 Å². The highest BCUT2D eigenvalue weighted by Crippen LogP contribution is 2.15. The Morgan fingerprint density at radius 3 is 1.71 bits per heavy atom. The van der Waals surface area contributed by atoms with E-state index in [-0.39, 0.29) is 18.1 Å². The second-order valence-electron chi connectivity index (χ2n) is 7.71. The van der Waals surface area contributed by atoms with Crippen LogP contribution in [0.3, 0.4) is 0 Å². The predicted molar refractivity (Wildman–Crippen MR) is 115 cm³/mol. The molecule has 0 aliphatic carbocycles. The molecule has 0 aliphatic heterocycles. The summed E-state index contributed by atoms with van der Waals surface area (Å²) in [7, 11) is 1.65. The molecule has 2 N–H and O–H groups in total. The zero-order valence-corrected chi connectivity index (χ0v) is 18.2. The molecule has 5 heteroatoms. The predicted octanol–water partition coefficient (Wildman–Crippen LogP) is 5.63. The molecule has 1 amide bonds. The van der Waals surface area contributed by atoms with E-state index < -0.39 is 5.97 Å². The second kappa shape index (κ2) is 19.0. The van der Waals surface area contributed by atoms with Crippen LogP contribution >= 0.6 is 0 Å². The number of carboxylic acids is 1. The minimum absolute atomic E-state index is 0.0458. The van der Waals surface area contributed by atoms with Crippen molar-refractivity contribution in [2.75, 3.05) is 7.05 Å². The molecule has 2 atom stereocenters. The van der Waals surface area contributed by atoms with Crippen molar-refractivity contribution >= 4 is 11.9 Å². The van der Waals surface area contributed by atoms with Crippen LogP contribution in [0.1, 0.15) is 103 Å². The van der Waals surface area contributed by atoms with E-state index in [9.17, 15) is 9.59 Å². The van der Waals surface area contributed by atoms with Crippen molar-refractivity contribution in [2.45, 2.75) is 115 Å². The van der Waals surface area contributed by atoms with Crippen LogP contribution in [-0.4, -0.2) is 36.2 Å². The molecule has 0 aromatic rings. The van der Waals surface area contributed by atoms with E-state index in [4.69, 9.17) is 9.84 Å². The molecule has 0 saturated carbocycles. The number of carbonyl (C=O) groups is 2. The highest BCUT2D eigenvalue weighted by atomic mass is 16.5. The number of unbranched alkanes of at least 4 members (excludes halogenated alkanes) is 12. The Morgan fingerprint density at radius 1 is 0.893 bits per heavy atom. The third-order valence-electron chi connectivity index (χ3n) is 5.11. The van der Waals surface area contributed by atoms with Gasteiger partial charge in [0, 0.05) is 13.5 Å². The number of likely N-dealkylation sites (N-methyl/N-ethyl adjacent to an activating group) is 1. The van der Waals surface area contributed by atoms with Gasteiger partial charge in [-0.3, -0.25) is 9.59 Å². The molecule has 0 heterocycles. The number of rotatable bonds is 20. The van der Waals surface area contributed by atoms with Crippen LogP contribution in [0.5, 0.6) is 0 Å². The zero-order chi connectivity index (χ0) is 21.0. The maximum Gasteiger partial charge on any atom is 0.303 e. The number of hydrogen-bond acceptors (Lipinski definition) is 3. The summed E-state index contributed by atoms with van der Waals surface area (Å²) in [6.07, 6.45) is 17.7. The number of nitrogens with one attached hydrogen (secondary N) is 1. The standard InChI is InChI=1S/C23H43NO4/c1-4-20(2)28-21(23(27)24-3)18-16-14-12-10-8-6-5-7-9-11-13-15-17-19-22(25)26/h4,20-21H,1,5-19H2,2-3H3,(H,24,27)(H,25,26). The normalized spacial score (nSPS) is 13.1. The molecule has 28 heavy (non-hydrogen) atoms. The summed E-state index contributed by atoms with van der Waals surface area (Å²) in [5.74, 6) is -0.725. The highest BCUT2D eigenvalue weighted by Gasteiger charge is 2.18. The first-order valence-corrected chi connectivity index (χ1v) is 11.2. The van der Waals surface area contributed by atoms with Crippen molar-refractivity contribution in [1.29, 1.82) is 0 Å². The summed E-state index contributed by atoms with van der Waals surface area (Å²) < 4.78 is 5.72. The summed E-state index contributed by atoms with van der Waals surface area (Å²) in [6, 6.07) is 0. The molecule has 0 aromatic carbocycles. The van der Waals surface area contributed by atoms with Crippen molar-refractivity contribution in [3.63, 3.8) is 0 Å². The van der Waals surface area contributed by atoms with Gasteiger partial charge in [-0.25, -0.2) is 0 Å². The van der Waals surface area contributed by atoms with Gasteiger partial charge in [0.25, 0.3) is 0 Å². The Balaban J connectivity index is 3.45. The van der Waals surface area contributed by atoms with Gasteiger partial charge in [0.15, 0.2) is 0 Å². The van der Waals surface area contributed by atoms with Crippen molar-refractivity contribution < 1.29 is 19.4 Å². The van der Waals surface area contributed by atoms with E-state index in [1.807, 2.05) is 6.92 Å². The minimum atomic E-state index is -0.679. The smallest absolute Gasteiger partial charge is 0.303 e. The van der Waals surface area contributed by atoms with Crippen molar-refractivity contribution in [3.8, 4) is 0 Å². The summed E-state index contributed by atoms with van der Waals surface area (Å²) in [6.45, 7) is 5.61. The Hall–Kier alpha value is -1.36. The lowest BCUT2D eigenvalue weighted by molar-refractivity contribution is -0.137. The molecule has 0 aliphatic rings. The lowest BCUT2D eigenvalue weighted by atomic mass is 10.0. The van der Waals surface area contributed by atoms with Crippen molar-refractivity contribution in [3.05, 3.63) is 12.7 Å². The number of carbonyl (C=O) groups excluding carboxylic acids is 1. The maximum atomic E-state index is 11.9. The van der Waals surface area contributed by atoms with Gasteiger partial charge in [0.2, 0.25) is 5.91 Å². The van der Waals surface area contributed by atoms with E-state index >= 15 is 0 Å². The summed E-state index contributed by atoms with van der Waals surface area (Å²) in [4.78, 5) is 22.3. The Morgan fingerprint density at radius 2 is 1.32 bits per heavy atom. The molecule has 2 unspecified atom stereocenters. The molecule has 0 radical (unpaired) electrons. The summed E-state index contributed by atoms with van der Waals surface area (Å²) >= 11 is 0. The minimum Gasteiger partial charge on any atom is -0.481 e. The third kappa shape index (κ3) is 16.8. The Kier molecular flexibility index (Phi) is 18.1. The fourth-order valence-corrected chi connectivity index (χ4v) is 3.29. The van der Waals surface area contributed by atoms with Crippen LogP contribution in [0.15, 0.2) is 12.7 Å².